The number of amides is 1. The first-order valence-corrected chi connectivity index (χ1v) is 11.1. The number of aryl methyl sites for hydroxylation is 1. The summed E-state index contributed by atoms with van der Waals surface area (Å²) in [6.45, 7) is 3.31. The van der Waals surface area contributed by atoms with Gasteiger partial charge < -0.3 is 4.90 Å². The lowest BCUT2D eigenvalue weighted by Gasteiger charge is -2.40. The Labute approximate surface area is 151 Å². The Morgan fingerprint density at radius 1 is 1.08 bits per heavy atom. The number of sulfonamides is 1. The molecule has 1 aromatic carbocycles. The van der Waals surface area contributed by atoms with Crippen LogP contribution in [0, 0.1) is 6.92 Å². The molecule has 1 aromatic rings. The summed E-state index contributed by atoms with van der Waals surface area (Å²) in [5, 5.41) is 0. The van der Waals surface area contributed by atoms with Gasteiger partial charge >= 0.3 is 0 Å². The second-order valence-electron chi connectivity index (χ2n) is 7.42. The van der Waals surface area contributed by atoms with Crippen molar-refractivity contribution in [1.82, 2.24) is 9.21 Å². The van der Waals surface area contributed by atoms with Gasteiger partial charge in [-0.05, 0) is 51.2 Å². The Bertz CT molecular complexity index is 728. The molecule has 5 nitrogen and oxygen atoms in total. The summed E-state index contributed by atoms with van der Waals surface area (Å²) in [5.41, 5.74) is 1.80. The van der Waals surface area contributed by atoms with Gasteiger partial charge in [0.05, 0.1) is 6.26 Å². The summed E-state index contributed by atoms with van der Waals surface area (Å²) in [4.78, 5) is 14.7. The molecule has 0 N–H and O–H groups in total. The van der Waals surface area contributed by atoms with E-state index in [0.717, 1.165) is 49.7 Å². The van der Waals surface area contributed by atoms with Crippen LogP contribution in [0.5, 0.6) is 0 Å². The fourth-order valence-corrected chi connectivity index (χ4v) is 5.48. The molecule has 6 heteroatoms. The third kappa shape index (κ3) is 4.23. The van der Waals surface area contributed by atoms with Crippen LogP contribution in [-0.2, 0) is 10.0 Å². The van der Waals surface area contributed by atoms with Crippen LogP contribution in [0.2, 0.25) is 0 Å². The molecule has 1 unspecified atom stereocenters. The van der Waals surface area contributed by atoms with E-state index in [0.29, 0.717) is 13.1 Å². The van der Waals surface area contributed by atoms with Crippen LogP contribution < -0.4 is 0 Å². The van der Waals surface area contributed by atoms with Gasteiger partial charge in [-0.1, -0.05) is 24.1 Å². The van der Waals surface area contributed by atoms with Crippen molar-refractivity contribution in [3.63, 3.8) is 0 Å². The zero-order chi connectivity index (χ0) is 18.0. The van der Waals surface area contributed by atoms with Gasteiger partial charge in [0.1, 0.15) is 0 Å². The zero-order valence-corrected chi connectivity index (χ0v) is 16.0. The minimum Gasteiger partial charge on any atom is -0.339 e. The van der Waals surface area contributed by atoms with E-state index < -0.39 is 10.0 Å². The Balaban J connectivity index is 1.70. The predicted octanol–water partition coefficient (Wildman–Crippen LogP) is 2.80. The first-order chi connectivity index (χ1) is 11.9. The number of hydrogen-bond donors (Lipinski definition) is 0. The van der Waals surface area contributed by atoms with Gasteiger partial charge in [0.2, 0.25) is 10.0 Å². The molecular formula is C19H28N2O3S. The van der Waals surface area contributed by atoms with Crippen LogP contribution in [-0.4, -0.2) is 55.0 Å². The maximum atomic E-state index is 12.8. The third-order valence-electron chi connectivity index (χ3n) is 5.43. The van der Waals surface area contributed by atoms with Gasteiger partial charge in [0.15, 0.2) is 0 Å². The van der Waals surface area contributed by atoms with Crippen molar-refractivity contribution in [1.29, 1.82) is 0 Å². The molecule has 1 heterocycles. The fourth-order valence-electron chi connectivity index (χ4n) is 3.98. The summed E-state index contributed by atoms with van der Waals surface area (Å²) in [6, 6.07) is 7.86. The molecule has 1 atom stereocenters. The molecule has 1 aliphatic carbocycles. The Hall–Kier alpha value is -1.40. The first-order valence-electron chi connectivity index (χ1n) is 9.21. The van der Waals surface area contributed by atoms with Gasteiger partial charge in [-0.3, -0.25) is 4.79 Å². The number of benzene rings is 1. The van der Waals surface area contributed by atoms with Crippen LogP contribution in [0.4, 0.5) is 0 Å². The van der Waals surface area contributed by atoms with Crippen molar-refractivity contribution in [2.45, 2.75) is 57.5 Å². The van der Waals surface area contributed by atoms with Gasteiger partial charge in [0.25, 0.3) is 5.91 Å². The normalized spacial score (nSPS) is 22.5. The van der Waals surface area contributed by atoms with E-state index in [1.165, 1.54) is 6.26 Å². The maximum Gasteiger partial charge on any atom is 0.253 e. The predicted molar refractivity (Wildman–Crippen MR) is 99.0 cm³/mol. The summed E-state index contributed by atoms with van der Waals surface area (Å²) in [6.07, 6.45) is 6.78. The van der Waals surface area contributed by atoms with Crippen molar-refractivity contribution < 1.29 is 13.2 Å². The highest BCUT2D eigenvalue weighted by Gasteiger charge is 2.37. The molecule has 1 amide bonds. The average molecular weight is 365 g/mol. The average Bonchev–Trinajstić information content (AvgIpc) is 2.74. The van der Waals surface area contributed by atoms with E-state index in [2.05, 4.69) is 0 Å². The summed E-state index contributed by atoms with van der Waals surface area (Å²) >= 11 is 0. The highest BCUT2D eigenvalue weighted by atomic mass is 32.2. The lowest BCUT2D eigenvalue weighted by atomic mass is 9.91. The van der Waals surface area contributed by atoms with Gasteiger partial charge in [-0.15, -0.1) is 0 Å². The number of carbonyl (C=O) groups excluding carboxylic acids is 1. The van der Waals surface area contributed by atoms with Crippen molar-refractivity contribution >= 4 is 15.9 Å². The molecule has 3 rings (SSSR count). The quantitative estimate of drug-likeness (QED) is 0.825. The second-order valence-corrected chi connectivity index (χ2v) is 9.31. The lowest BCUT2D eigenvalue weighted by molar-refractivity contribution is 0.0757. The Morgan fingerprint density at radius 3 is 2.36 bits per heavy atom. The van der Waals surface area contributed by atoms with Crippen LogP contribution in [0.3, 0.4) is 0 Å². The fraction of sp³-hybridized carbons (Fsp3) is 0.632. The van der Waals surface area contributed by atoms with E-state index >= 15 is 0 Å². The lowest BCUT2D eigenvalue weighted by Crippen LogP contribution is -2.50. The molecule has 2 aliphatic rings. The monoisotopic (exact) mass is 364 g/mol. The van der Waals surface area contributed by atoms with Crippen LogP contribution in [0.1, 0.15) is 54.4 Å². The maximum absolute atomic E-state index is 12.8. The van der Waals surface area contributed by atoms with Gasteiger partial charge in [-0.25, -0.2) is 8.42 Å². The van der Waals surface area contributed by atoms with Crippen molar-refractivity contribution in [2.75, 3.05) is 19.3 Å². The number of rotatable bonds is 4. The van der Waals surface area contributed by atoms with E-state index in [-0.39, 0.29) is 18.0 Å². The van der Waals surface area contributed by atoms with E-state index in [4.69, 9.17) is 0 Å². The SMILES string of the molecule is Cc1cccc(C(=O)N2CCCC(N(C3CCC3)S(C)(=O)=O)CC2)c1. The van der Waals surface area contributed by atoms with Crippen molar-refractivity contribution in [3.8, 4) is 0 Å². The zero-order valence-electron chi connectivity index (χ0n) is 15.1. The molecule has 1 aliphatic heterocycles. The number of nitrogens with zero attached hydrogens (tertiary/aromatic N) is 2. The summed E-state index contributed by atoms with van der Waals surface area (Å²) < 4.78 is 26.3. The first kappa shape index (κ1) is 18.4. The van der Waals surface area contributed by atoms with Crippen molar-refractivity contribution in [3.05, 3.63) is 35.4 Å². The minimum absolute atomic E-state index is 0.0237. The van der Waals surface area contributed by atoms with Crippen LogP contribution >= 0.6 is 0 Å². The Morgan fingerprint density at radius 2 is 1.76 bits per heavy atom. The smallest absolute Gasteiger partial charge is 0.253 e. The molecule has 0 bridgehead atoms. The Kier molecular flexibility index (Phi) is 5.49. The van der Waals surface area contributed by atoms with E-state index in [1.54, 1.807) is 4.31 Å². The highest BCUT2D eigenvalue weighted by Crippen LogP contribution is 2.32. The van der Waals surface area contributed by atoms with Crippen LogP contribution in [0.25, 0.3) is 0 Å². The topological polar surface area (TPSA) is 57.7 Å². The number of hydrogen-bond acceptors (Lipinski definition) is 3. The molecular weight excluding hydrogens is 336 g/mol. The largest absolute Gasteiger partial charge is 0.339 e. The van der Waals surface area contributed by atoms with Gasteiger partial charge in [-0.2, -0.15) is 4.31 Å². The molecule has 0 radical (unpaired) electrons. The minimum atomic E-state index is -3.21. The van der Waals surface area contributed by atoms with E-state index in [9.17, 15) is 13.2 Å². The molecule has 138 valence electrons. The molecule has 0 aromatic heterocycles. The van der Waals surface area contributed by atoms with Gasteiger partial charge in [0, 0.05) is 30.7 Å². The number of likely N-dealkylation sites (tertiary alicyclic amines) is 1. The summed E-state index contributed by atoms with van der Waals surface area (Å²) in [5.74, 6) is 0.0545. The molecule has 1 saturated carbocycles. The van der Waals surface area contributed by atoms with E-state index in [1.807, 2.05) is 36.1 Å². The molecule has 25 heavy (non-hydrogen) atoms. The van der Waals surface area contributed by atoms with Crippen LogP contribution in [0.15, 0.2) is 24.3 Å². The molecule has 0 spiro atoms. The number of carbonyl (C=O) groups is 1. The third-order valence-corrected chi connectivity index (χ3v) is 6.79. The summed E-state index contributed by atoms with van der Waals surface area (Å²) in [7, 11) is -3.21. The second kappa shape index (κ2) is 7.46. The molecule has 2 fully saturated rings. The molecule has 1 saturated heterocycles. The van der Waals surface area contributed by atoms with Crippen molar-refractivity contribution in [2.24, 2.45) is 0 Å². The standard InChI is InChI=1S/C19H28N2O3S/c1-15-6-3-7-16(14-15)19(22)20-12-5-10-18(11-13-20)21(25(2,23)24)17-8-4-9-17/h3,6-7,14,17-18H,4-5,8-13H2,1-2H3. The highest BCUT2D eigenvalue weighted by molar-refractivity contribution is 7.88.